The Morgan fingerprint density at radius 3 is 1.09 bits per heavy atom. The highest BCUT2D eigenvalue weighted by Gasteiger charge is 2.47. The molecule has 141 heavy (non-hydrogen) atoms. The molecule has 12 heterocycles. The smallest absolute Gasteiger partial charge is 0.161 e. The molecule has 6 aromatic rings. The number of hydrogen-bond acceptors (Lipinski definition) is 24. The molecule has 15 atom stereocenters. The Kier molecular flexibility index (Phi) is 17.1. The Labute approximate surface area is 943 Å². The van der Waals surface area contributed by atoms with Crippen LogP contribution in [0.2, 0.25) is 0 Å². The largest absolute Gasteiger partial charge is 0.493 e. The number of carbonyl (C=O) groups excluding carboxylic acids is 6. The molecule has 6 aromatic carbocycles. The average Bonchev–Trinajstić information content (AvgIpc) is 0.638. The number of methoxy groups -OCH3 is 12. The standard InChI is InChI=1S/3C20H29NO3.3C19H27NO3/c3*1-5-13(2)8-15-12-21-7-6-14-9-19(23-3)20(24-4)10-16(14)17(21)11-18(15)22;3*1-12(2)7-14-11-20-6-5-13-8-18(22-3)19(23-4)9-15(13)16(20)10-17(14)21/h3*9-10,13,15,17H,5-8,11-12H2,1-4H3;3*8-9,12,14,16H,5-7,10-11H2,1-4H3/i2D3,5D2,6D2,7D2,8D2,9D,10D,11D2,13D,15D,17D;2D3,5D2,8D2,9D,10D,11D2,12D2,13D,15D;2D3,5D2,6D2,7D2,8D2,9D,10D,13D,17D;5D2,6D2,8D,9D,11D2,16D;5D2,6D2,10D2,14D,16D;5D2,6D2,8D,9D,16D. The quantitative estimate of drug-likeness (QED) is 0.0466. The van der Waals surface area contributed by atoms with Crippen molar-refractivity contribution in [3.63, 3.8) is 0 Å². The molecule has 0 aromatic heterocycles. The number of piperidine rings is 6. The van der Waals surface area contributed by atoms with E-state index in [0.29, 0.717) is 46.8 Å². The van der Waals surface area contributed by atoms with E-state index in [1.165, 1.54) is 61.9 Å². The molecule has 12 aliphatic rings. The number of hydrogen-bond donors (Lipinski definition) is 0. The van der Waals surface area contributed by atoms with E-state index in [9.17, 15) is 31.5 Å². The van der Waals surface area contributed by atoms with E-state index in [1.54, 1.807) is 27.7 Å². The number of benzene rings is 6. The summed E-state index contributed by atoms with van der Waals surface area (Å²) in [6, 6.07) is -18.8. The summed E-state index contributed by atoms with van der Waals surface area (Å²) in [7, 11) is 14.2. The molecule has 6 fully saturated rings. The van der Waals surface area contributed by atoms with Gasteiger partial charge < -0.3 is 56.8 Å². The van der Waals surface area contributed by atoms with Crippen molar-refractivity contribution in [3.05, 3.63) is 139 Å². The highest BCUT2D eigenvalue weighted by molar-refractivity contribution is 5.86. The SMILES string of the molecule is [2H]C1(CC(C)C)CN2C([2H])([2H])C([2H])([2H])c3cc(OC)c(OC)cc3C2([2H])C([2H])([2H])C1=O.[2H]c1c(OC)c(OC)c([2H])c2c1C([2H])([2H])C([2H])([2H])N1CC([2H])(C([2H])([2H])C([2H])(C([2H])([2H])[2H])C([2H])([2H])C)C(=O)C([2H])([2H])C21[2H].[2H]c1c(OC)c(OC)c([2H])c2c1C1([2H])CC(=O)C(C([2H])([2H])C([2H])(C([2H])([2H])[2H])C([2H])([2H])C)CN1C([2H])([2H])C2([2H])[2H].[2H]c1c(OC)c(OC)c([2H])c2c1C1([2H])CC(=O)C(CC(C)C)C([2H])([2H])N1C([2H])([2H])C2([2H])[2H].[2H]c1c(OC)c(OC)c([2H])c2c1C1([2H])CC(=O)C(CC(C)C)CN1C([2H])([2H])C2([2H])[2H].[2H]c1c2c(c([2H])c(OC)c1OC)C1N(CC2)C([2H])([2H])C([2H])(C([2H])([2H])C([2H])(C([2H])([2H])[2H])C([2H])([2H])C)C(=O)C1([2H])[2H]. The van der Waals surface area contributed by atoms with Crippen LogP contribution < -0.4 is 56.8 Å². The van der Waals surface area contributed by atoms with E-state index in [2.05, 4.69) is 0 Å². The van der Waals surface area contributed by atoms with Gasteiger partial charge in [-0.1, -0.05) is 102 Å². The van der Waals surface area contributed by atoms with Crippen molar-refractivity contribution in [1.82, 2.24) is 29.4 Å². The fraction of sp³-hybridized carbons (Fsp3) is 0.641. The molecule has 18 rings (SSSR count). The van der Waals surface area contributed by atoms with Crippen LogP contribution in [0.25, 0.3) is 0 Å². The van der Waals surface area contributed by atoms with E-state index in [4.69, 9.17) is 153 Å². The van der Waals surface area contributed by atoms with Crippen molar-refractivity contribution >= 4 is 34.7 Å². The van der Waals surface area contributed by atoms with Gasteiger partial charge in [-0.25, -0.2) is 0 Å². The Bertz CT molecular complexity index is 9050. The third-order valence-electron chi connectivity index (χ3n) is 23.4. The predicted molar refractivity (Wildman–Crippen MR) is 555 cm³/mol. The van der Waals surface area contributed by atoms with Gasteiger partial charge in [0.25, 0.3) is 0 Å². The van der Waals surface area contributed by atoms with Crippen LogP contribution in [0.1, 0.15) is 380 Å². The van der Waals surface area contributed by atoms with Crippen LogP contribution in [-0.2, 0) is 67.1 Å². The first-order valence-corrected chi connectivity index (χ1v) is 44.9. The Morgan fingerprint density at radius 1 is 0.333 bits per heavy atom. The normalized spacial score (nSPS) is 43.2. The number of ketones is 6. The molecular formula is C117H168N6O18. The summed E-state index contributed by atoms with van der Waals surface area (Å²) in [6.07, 6.45) is -48.5. The molecule has 0 amide bonds. The highest BCUT2D eigenvalue weighted by Crippen LogP contribution is 2.51. The molecule has 774 valence electrons. The van der Waals surface area contributed by atoms with Gasteiger partial charge in [-0.05, 0) is 251 Å². The number of rotatable bonds is 27. The van der Waals surface area contributed by atoms with Gasteiger partial charge in [0.15, 0.2) is 69.0 Å². The lowest BCUT2D eigenvalue weighted by Crippen LogP contribution is -2.46. The number of carbonyl (C=O) groups is 6. The van der Waals surface area contributed by atoms with Gasteiger partial charge in [0, 0.05) is 266 Å². The van der Waals surface area contributed by atoms with Crippen molar-refractivity contribution < 1.29 is 184 Å². The molecule has 0 N–H and O–H groups in total. The minimum absolute atomic E-state index is 0.0386. The first kappa shape index (κ1) is 48.4. The van der Waals surface area contributed by atoms with Crippen LogP contribution in [0.4, 0.5) is 0 Å². The molecule has 12 aliphatic heterocycles. The van der Waals surface area contributed by atoms with Crippen molar-refractivity contribution in [2.45, 2.75) is 253 Å². The van der Waals surface area contributed by atoms with Gasteiger partial charge in [0.05, 0.1) is 106 Å². The Balaban J connectivity index is 0.000000205. The van der Waals surface area contributed by atoms with Gasteiger partial charge in [0.2, 0.25) is 0 Å². The zero-order valence-corrected chi connectivity index (χ0v) is 82.2. The summed E-state index contributed by atoms with van der Waals surface area (Å²) in [5, 5.41) is 0. The van der Waals surface area contributed by atoms with Crippen LogP contribution >= 0.6 is 0 Å². The number of nitrogens with zero attached hydrogens (tertiary/aromatic N) is 6. The fourth-order valence-corrected chi connectivity index (χ4v) is 16.5. The maximum atomic E-state index is 13.9. The minimum Gasteiger partial charge on any atom is -0.493 e. The van der Waals surface area contributed by atoms with Crippen molar-refractivity contribution in [2.24, 2.45) is 70.9 Å². The highest BCUT2D eigenvalue weighted by atomic mass is 16.5. The Hall–Kier alpha value is -9.30. The predicted octanol–water partition coefficient (Wildman–Crippen LogP) is 20.6. The monoisotopic (exact) mass is 2020 g/mol. The molecule has 0 radical (unpaired) electrons. The van der Waals surface area contributed by atoms with Crippen molar-refractivity contribution in [1.29, 1.82) is 0 Å². The number of fused-ring (bicyclic) bond motifs is 18. The number of aryl methyl sites for hydroxylation is 1. The molecular weight excluding hydrogens is 1780 g/mol. The second-order valence-electron chi connectivity index (χ2n) is 34.0. The van der Waals surface area contributed by atoms with Gasteiger partial charge in [-0.2, -0.15) is 0 Å². The van der Waals surface area contributed by atoms with Gasteiger partial charge in [0.1, 0.15) is 34.7 Å². The summed E-state index contributed by atoms with van der Waals surface area (Å²) >= 11 is 0. The van der Waals surface area contributed by atoms with Crippen molar-refractivity contribution in [2.75, 3.05) is 164 Å². The summed E-state index contributed by atoms with van der Waals surface area (Å²) in [4.78, 5) is 83.8. The maximum absolute atomic E-state index is 13.9. The van der Waals surface area contributed by atoms with Gasteiger partial charge in [-0.15, -0.1) is 0 Å². The van der Waals surface area contributed by atoms with E-state index >= 15 is 0 Å². The molecule has 0 aliphatic carbocycles. The first-order chi connectivity index (χ1) is 95.4. The van der Waals surface area contributed by atoms with Crippen LogP contribution in [0, 0.1) is 70.9 Å². The number of ether oxygens (including phenoxy) is 12. The molecule has 0 bridgehead atoms. The van der Waals surface area contributed by atoms with E-state index < -0.39 is 423 Å². The molecule has 15 unspecified atom stereocenters. The molecule has 24 heteroatoms. The summed E-state index contributed by atoms with van der Waals surface area (Å²) in [6.45, 7) is -24.5. The maximum Gasteiger partial charge on any atom is 0.161 e. The second kappa shape index (κ2) is 50.0. The van der Waals surface area contributed by atoms with Crippen LogP contribution in [0.5, 0.6) is 69.0 Å². The topological polar surface area (TPSA) is 233 Å². The molecule has 0 spiro atoms. The minimum atomic E-state index is -4.14. The van der Waals surface area contributed by atoms with Crippen LogP contribution in [0.15, 0.2) is 72.6 Å². The summed E-state index contributed by atoms with van der Waals surface area (Å²) < 4.78 is 675. The Morgan fingerprint density at radius 2 is 0.660 bits per heavy atom. The lowest BCUT2D eigenvalue weighted by atomic mass is 9.79. The van der Waals surface area contributed by atoms with Crippen LogP contribution in [-0.4, -0.2) is 228 Å². The zero-order chi connectivity index (χ0) is 165. The second-order valence-corrected chi connectivity index (χ2v) is 34.0. The average molecular weight is 2020 g/mol. The zero-order valence-electron chi connectivity index (χ0n) is 154. The first-order valence-electron chi connectivity index (χ1n) is 80.9. The number of Topliss-reactive ketones (excluding diaryl/α,β-unsaturated/α-hetero) is 6. The van der Waals surface area contributed by atoms with Crippen LogP contribution in [0.3, 0.4) is 0 Å². The van der Waals surface area contributed by atoms with Crippen molar-refractivity contribution in [3.8, 4) is 69.0 Å². The third-order valence-corrected chi connectivity index (χ3v) is 23.4. The fourth-order valence-electron chi connectivity index (χ4n) is 16.5. The molecule has 0 saturated carbocycles. The molecule has 24 nitrogen and oxygen atoms in total. The summed E-state index contributed by atoms with van der Waals surface area (Å²) in [5.41, 5.74) is -5.88. The lowest BCUT2D eigenvalue weighted by Gasteiger charge is -2.43. The third kappa shape index (κ3) is 25.6. The lowest BCUT2D eigenvalue weighted by molar-refractivity contribution is -0.130. The van der Waals surface area contributed by atoms with Gasteiger partial charge in [-0.3, -0.25) is 58.2 Å². The van der Waals surface area contributed by atoms with Gasteiger partial charge >= 0.3 is 0 Å². The van der Waals surface area contributed by atoms with E-state index in [1.807, 2.05) is 13.8 Å². The van der Waals surface area contributed by atoms with E-state index in [0.717, 1.165) is 40.4 Å². The van der Waals surface area contributed by atoms with E-state index in [-0.39, 0.29) is 146 Å². The summed E-state index contributed by atoms with van der Waals surface area (Å²) in [5.74, 6) is -35.7. The molecule has 6 saturated heterocycles.